The third-order valence-corrected chi connectivity index (χ3v) is 6.81. The van der Waals surface area contributed by atoms with Gasteiger partial charge in [-0.25, -0.2) is 17.8 Å². The number of sulfonamides is 1. The SMILES string of the molecule is O=C(CSc1nccc(=O)[nH]1)N1CCN(S(=O)(=O)c2ccc(F)cc2)CC1. The lowest BCUT2D eigenvalue weighted by Gasteiger charge is -2.34. The molecule has 0 radical (unpaired) electrons. The van der Waals surface area contributed by atoms with E-state index in [0.717, 1.165) is 23.9 Å². The molecule has 0 bridgehead atoms. The van der Waals surface area contributed by atoms with Crippen molar-refractivity contribution < 1.29 is 17.6 Å². The number of piperazine rings is 1. The molecule has 2 heterocycles. The largest absolute Gasteiger partial charge is 0.339 e. The van der Waals surface area contributed by atoms with E-state index in [0.29, 0.717) is 5.16 Å². The maximum Gasteiger partial charge on any atom is 0.251 e. The van der Waals surface area contributed by atoms with Crippen LogP contribution < -0.4 is 5.56 Å². The van der Waals surface area contributed by atoms with Crippen LogP contribution in [-0.2, 0) is 14.8 Å². The Morgan fingerprint density at radius 2 is 1.81 bits per heavy atom. The van der Waals surface area contributed by atoms with Gasteiger partial charge in [0.2, 0.25) is 15.9 Å². The standard InChI is InChI=1S/C16H17FN4O4S2/c17-12-1-3-13(4-2-12)27(24,25)21-9-7-20(8-10-21)15(23)11-26-16-18-6-5-14(22)19-16/h1-6H,7-11H2,(H,18,19,22). The number of amides is 1. The smallest absolute Gasteiger partial charge is 0.251 e. The van der Waals surface area contributed by atoms with Crippen LogP contribution in [0.5, 0.6) is 0 Å². The number of carbonyl (C=O) groups excluding carboxylic acids is 1. The molecule has 1 aliphatic rings. The van der Waals surface area contributed by atoms with Gasteiger partial charge in [-0.3, -0.25) is 9.59 Å². The van der Waals surface area contributed by atoms with Crippen molar-refractivity contribution in [2.24, 2.45) is 0 Å². The third-order valence-electron chi connectivity index (χ3n) is 4.02. The summed E-state index contributed by atoms with van der Waals surface area (Å²) in [5.41, 5.74) is -0.292. The van der Waals surface area contributed by atoms with Crippen LogP contribution >= 0.6 is 11.8 Å². The number of hydrogen-bond donors (Lipinski definition) is 1. The van der Waals surface area contributed by atoms with Crippen LogP contribution in [0.4, 0.5) is 4.39 Å². The van der Waals surface area contributed by atoms with Gasteiger partial charge in [-0.1, -0.05) is 11.8 Å². The first kappa shape index (κ1) is 19.5. The number of nitrogens with zero attached hydrogens (tertiary/aromatic N) is 3. The molecule has 11 heteroatoms. The van der Waals surface area contributed by atoms with E-state index in [9.17, 15) is 22.4 Å². The second-order valence-corrected chi connectivity index (χ2v) is 8.67. The summed E-state index contributed by atoms with van der Waals surface area (Å²) < 4.78 is 39.4. The molecule has 1 fully saturated rings. The van der Waals surface area contributed by atoms with Gasteiger partial charge in [-0.05, 0) is 24.3 Å². The monoisotopic (exact) mass is 412 g/mol. The van der Waals surface area contributed by atoms with E-state index >= 15 is 0 Å². The van der Waals surface area contributed by atoms with Gasteiger partial charge in [0.15, 0.2) is 5.16 Å². The summed E-state index contributed by atoms with van der Waals surface area (Å²) in [6, 6.07) is 5.95. The quantitative estimate of drug-likeness (QED) is 0.568. The summed E-state index contributed by atoms with van der Waals surface area (Å²) in [7, 11) is -3.71. The summed E-state index contributed by atoms with van der Waals surface area (Å²) in [4.78, 5) is 31.6. The van der Waals surface area contributed by atoms with Gasteiger partial charge in [-0.15, -0.1) is 0 Å². The Morgan fingerprint density at radius 3 is 2.44 bits per heavy atom. The van der Waals surface area contributed by atoms with E-state index in [-0.39, 0.29) is 48.3 Å². The van der Waals surface area contributed by atoms with Gasteiger partial charge in [0.05, 0.1) is 10.6 Å². The molecule has 2 aromatic rings. The number of aromatic nitrogens is 2. The van der Waals surface area contributed by atoms with Crippen molar-refractivity contribution in [1.82, 2.24) is 19.2 Å². The van der Waals surface area contributed by atoms with E-state index in [1.165, 1.54) is 28.7 Å². The minimum absolute atomic E-state index is 0.0262. The molecule has 1 aromatic carbocycles. The van der Waals surface area contributed by atoms with Crippen LogP contribution in [0.15, 0.2) is 51.4 Å². The summed E-state index contributed by atoms with van der Waals surface area (Å²) in [5, 5.41) is 0.355. The molecule has 144 valence electrons. The van der Waals surface area contributed by atoms with Crippen LogP contribution in [-0.4, -0.2) is 65.4 Å². The number of carbonyl (C=O) groups is 1. The molecule has 8 nitrogen and oxygen atoms in total. The Kier molecular flexibility index (Phi) is 5.92. The van der Waals surface area contributed by atoms with Crippen molar-refractivity contribution >= 4 is 27.7 Å². The molecular formula is C16H17FN4O4S2. The van der Waals surface area contributed by atoms with Gasteiger partial charge in [0, 0.05) is 38.4 Å². The topological polar surface area (TPSA) is 103 Å². The van der Waals surface area contributed by atoms with Crippen molar-refractivity contribution in [3.63, 3.8) is 0 Å². The fourth-order valence-electron chi connectivity index (χ4n) is 2.58. The lowest BCUT2D eigenvalue weighted by molar-refractivity contribution is -0.129. The molecule has 0 saturated carbocycles. The molecule has 1 aromatic heterocycles. The Morgan fingerprint density at radius 1 is 1.15 bits per heavy atom. The molecule has 3 rings (SSSR count). The van der Waals surface area contributed by atoms with Crippen LogP contribution in [0.2, 0.25) is 0 Å². The molecule has 0 unspecified atom stereocenters. The maximum atomic E-state index is 13.0. The van der Waals surface area contributed by atoms with Gasteiger partial charge in [-0.2, -0.15) is 4.31 Å². The number of hydrogen-bond acceptors (Lipinski definition) is 6. The highest BCUT2D eigenvalue weighted by Crippen LogP contribution is 2.19. The fraction of sp³-hybridized carbons (Fsp3) is 0.312. The van der Waals surface area contributed by atoms with E-state index in [4.69, 9.17) is 0 Å². The number of thioether (sulfide) groups is 1. The number of halogens is 1. The first-order valence-corrected chi connectivity index (χ1v) is 10.5. The maximum absolute atomic E-state index is 13.0. The first-order chi connectivity index (χ1) is 12.9. The Labute approximate surface area is 159 Å². The highest BCUT2D eigenvalue weighted by Gasteiger charge is 2.30. The highest BCUT2D eigenvalue weighted by atomic mass is 32.2. The van der Waals surface area contributed by atoms with Gasteiger partial charge in [0.25, 0.3) is 5.56 Å². The van der Waals surface area contributed by atoms with Crippen molar-refractivity contribution in [2.75, 3.05) is 31.9 Å². The van der Waals surface area contributed by atoms with E-state index in [2.05, 4.69) is 9.97 Å². The number of aromatic amines is 1. The zero-order valence-electron chi connectivity index (χ0n) is 14.2. The van der Waals surface area contributed by atoms with Crippen LogP contribution in [0, 0.1) is 5.82 Å². The zero-order valence-corrected chi connectivity index (χ0v) is 15.8. The minimum Gasteiger partial charge on any atom is -0.339 e. The average molecular weight is 412 g/mol. The zero-order chi connectivity index (χ0) is 19.4. The van der Waals surface area contributed by atoms with Crippen LogP contribution in [0.25, 0.3) is 0 Å². The number of nitrogens with one attached hydrogen (secondary N) is 1. The predicted molar refractivity (Wildman–Crippen MR) is 97.3 cm³/mol. The van der Waals surface area contributed by atoms with Crippen LogP contribution in [0.1, 0.15) is 0 Å². The Bertz CT molecular complexity index is 970. The van der Waals surface area contributed by atoms with Crippen molar-refractivity contribution in [2.45, 2.75) is 10.1 Å². The van der Waals surface area contributed by atoms with Crippen molar-refractivity contribution in [1.29, 1.82) is 0 Å². The van der Waals surface area contributed by atoms with Crippen LogP contribution in [0.3, 0.4) is 0 Å². The molecule has 0 aliphatic carbocycles. The molecule has 0 atom stereocenters. The van der Waals surface area contributed by atoms with Crippen molar-refractivity contribution in [3.8, 4) is 0 Å². The fourth-order valence-corrected chi connectivity index (χ4v) is 4.75. The molecule has 1 N–H and O–H groups in total. The molecule has 0 spiro atoms. The number of rotatable bonds is 5. The lowest BCUT2D eigenvalue weighted by Crippen LogP contribution is -2.50. The minimum atomic E-state index is -3.71. The number of H-pyrrole nitrogens is 1. The normalized spacial score (nSPS) is 15.7. The summed E-state index contributed by atoms with van der Waals surface area (Å²) in [5.74, 6) is -0.570. The van der Waals surface area contributed by atoms with Gasteiger partial charge < -0.3 is 9.88 Å². The second-order valence-electron chi connectivity index (χ2n) is 5.77. The third kappa shape index (κ3) is 4.73. The number of benzene rings is 1. The summed E-state index contributed by atoms with van der Waals surface area (Å²) >= 11 is 1.12. The van der Waals surface area contributed by atoms with Crippen molar-refractivity contribution in [3.05, 3.63) is 52.7 Å². The lowest BCUT2D eigenvalue weighted by atomic mass is 10.3. The van der Waals surface area contributed by atoms with E-state index in [1.807, 2.05) is 0 Å². The average Bonchev–Trinajstić information content (AvgIpc) is 2.66. The molecule has 1 aliphatic heterocycles. The summed E-state index contributed by atoms with van der Waals surface area (Å²) in [6.45, 7) is 0.851. The Hall–Kier alpha value is -2.24. The highest BCUT2D eigenvalue weighted by molar-refractivity contribution is 7.99. The molecule has 1 saturated heterocycles. The Balaban J connectivity index is 1.55. The molecule has 1 amide bonds. The molecule has 27 heavy (non-hydrogen) atoms. The first-order valence-electron chi connectivity index (χ1n) is 8.08. The van der Waals surface area contributed by atoms with Gasteiger partial charge >= 0.3 is 0 Å². The molecular weight excluding hydrogens is 395 g/mol. The van der Waals surface area contributed by atoms with E-state index in [1.54, 1.807) is 4.90 Å². The summed E-state index contributed by atoms with van der Waals surface area (Å²) in [6.07, 6.45) is 1.37. The predicted octanol–water partition coefficient (Wildman–Crippen LogP) is 0.534. The van der Waals surface area contributed by atoms with E-state index < -0.39 is 15.8 Å². The second kappa shape index (κ2) is 8.19. The van der Waals surface area contributed by atoms with Gasteiger partial charge in [0.1, 0.15) is 5.82 Å².